The van der Waals surface area contributed by atoms with Crippen LogP contribution in [-0.4, -0.2) is 12.1 Å². The molecule has 19 heavy (non-hydrogen) atoms. The largest absolute Gasteiger partial charge is 0.497 e. The van der Waals surface area contributed by atoms with E-state index in [0.717, 1.165) is 6.07 Å². The van der Waals surface area contributed by atoms with Gasteiger partial charge in [0.05, 0.1) is 12.7 Å². The van der Waals surface area contributed by atoms with Crippen LogP contribution in [0.25, 0.3) is 11.1 Å². The zero-order chi connectivity index (χ0) is 14.0. The highest BCUT2D eigenvalue weighted by Gasteiger charge is 2.34. The molecular weight excluding hydrogens is 257 g/mol. The molecule has 2 rings (SSSR count). The van der Waals surface area contributed by atoms with Crippen molar-refractivity contribution in [1.82, 2.24) is 4.98 Å². The van der Waals surface area contributed by atoms with Gasteiger partial charge in [-0.25, -0.2) is 4.98 Å². The van der Waals surface area contributed by atoms with Gasteiger partial charge in [-0.15, -0.1) is 0 Å². The Hall–Kier alpha value is -2.24. The summed E-state index contributed by atoms with van der Waals surface area (Å²) in [6, 6.07) is 7.69. The summed E-state index contributed by atoms with van der Waals surface area (Å²) >= 11 is 0. The Labute approximate surface area is 107 Å². The number of anilines is 1. The first-order valence-electron chi connectivity index (χ1n) is 5.39. The number of pyridine rings is 1. The molecule has 0 aliphatic heterocycles. The molecule has 0 atom stereocenters. The Kier molecular flexibility index (Phi) is 3.33. The molecule has 100 valence electrons. The summed E-state index contributed by atoms with van der Waals surface area (Å²) in [4.78, 5) is 3.59. The van der Waals surface area contributed by atoms with E-state index in [4.69, 9.17) is 10.5 Å². The predicted molar refractivity (Wildman–Crippen MR) is 65.6 cm³/mol. The molecule has 0 bridgehead atoms. The highest BCUT2D eigenvalue weighted by molar-refractivity contribution is 5.67. The highest BCUT2D eigenvalue weighted by Crippen LogP contribution is 2.35. The molecule has 2 N–H and O–H groups in total. The van der Waals surface area contributed by atoms with Crippen LogP contribution < -0.4 is 10.5 Å². The summed E-state index contributed by atoms with van der Waals surface area (Å²) in [5, 5.41) is 0. The Morgan fingerprint density at radius 1 is 1.16 bits per heavy atom. The third-order valence-electron chi connectivity index (χ3n) is 2.63. The summed E-state index contributed by atoms with van der Waals surface area (Å²) in [6.45, 7) is 0. The zero-order valence-electron chi connectivity index (χ0n) is 10.0. The fourth-order valence-electron chi connectivity index (χ4n) is 1.66. The molecule has 2 aromatic rings. The number of hydrogen-bond donors (Lipinski definition) is 1. The lowest BCUT2D eigenvalue weighted by Crippen LogP contribution is -2.10. The Balaban J connectivity index is 2.51. The van der Waals surface area contributed by atoms with Gasteiger partial charge < -0.3 is 10.5 Å². The summed E-state index contributed by atoms with van der Waals surface area (Å²) in [6.07, 6.45) is -3.22. The van der Waals surface area contributed by atoms with E-state index in [9.17, 15) is 13.2 Å². The Morgan fingerprint density at radius 2 is 1.89 bits per heavy atom. The maximum atomic E-state index is 12.7. The number of aromatic nitrogens is 1. The predicted octanol–water partition coefficient (Wildman–Crippen LogP) is 3.36. The molecule has 0 fully saturated rings. The first kappa shape index (κ1) is 13.2. The van der Waals surface area contributed by atoms with Crippen molar-refractivity contribution in [3.8, 4) is 16.9 Å². The van der Waals surface area contributed by atoms with Crippen molar-refractivity contribution in [1.29, 1.82) is 0 Å². The van der Waals surface area contributed by atoms with Crippen LogP contribution in [0.4, 0.5) is 19.0 Å². The van der Waals surface area contributed by atoms with Crippen LogP contribution in [0.5, 0.6) is 5.75 Å². The lowest BCUT2D eigenvalue weighted by Gasteiger charge is -2.11. The number of nitrogen functional groups attached to an aromatic ring is 1. The molecule has 6 heteroatoms. The molecule has 0 spiro atoms. The zero-order valence-corrected chi connectivity index (χ0v) is 10.0. The average molecular weight is 268 g/mol. The van der Waals surface area contributed by atoms with Gasteiger partial charge in [0.2, 0.25) is 0 Å². The molecule has 0 saturated carbocycles. The number of benzene rings is 1. The number of rotatable bonds is 2. The molecule has 1 aromatic heterocycles. The van der Waals surface area contributed by atoms with Crippen molar-refractivity contribution in [2.45, 2.75) is 6.18 Å². The number of halogens is 3. The van der Waals surface area contributed by atoms with Gasteiger partial charge in [-0.3, -0.25) is 0 Å². The van der Waals surface area contributed by atoms with Crippen molar-refractivity contribution >= 4 is 5.82 Å². The minimum atomic E-state index is -4.52. The summed E-state index contributed by atoms with van der Waals surface area (Å²) in [5.74, 6) is 0.0297. The SMILES string of the molecule is COc1cccc(-c2cnc(N)c(C(F)(F)F)c2)c1. The molecule has 1 aromatic carbocycles. The number of nitrogens with zero attached hydrogens (tertiary/aromatic N) is 1. The molecule has 0 unspecified atom stereocenters. The first-order valence-corrected chi connectivity index (χ1v) is 5.39. The van der Waals surface area contributed by atoms with Crippen LogP contribution >= 0.6 is 0 Å². The van der Waals surface area contributed by atoms with Crippen LogP contribution in [0.1, 0.15) is 5.56 Å². The lowest BCUT2D eigenvalue weighted by atomic mass is 10.1. The van der Waals surface area contributed by atoms with Gasteiger partial charge in [0.25, 0.3) is 0 Å². The van der Waals surface area contributed by atoms with Crippen LogP contribution in [0.2, 0.25) is 0 Å². The van der Waals surface area contributed by atoms with E-state index in [1.54, 1.807) is 24.3 Å². The van der Waals surface area contributed by atoms with E-state index in [2.05, 4.69) is 4.98 Å². The third-order valence-corrected chi connectivity index (χ3v) is 2.63. The van der Waals surface area contributed by atoms with Gasteiger partial charge in [0, 0.05) is 11.8 Å². The fourth-order valence-corrected chi connectivity index (χ4v) is 1.66. The van der Waals surface area contributed by atoms with Gasteiger partial charge in [-0.05, 0) is 23.8 Å². The monoisotopic (exact) mass is 268 g/mol. The molecule has 0 saturated heterocycles. The molecule has 3 nitrogen and oxygen atoms in total. The number of methoxy groups -OCH3 is 1. The van der Waals surface area contributed by atoms with Gasteiger partial charge in [0.1, 0.15) is 11.6 Å². The first-order chi connectivity index (χ1) is 8.91. The molecule has 0 radical (unpaired) electrons. The van der Waals surface area contributed by atoms with Crippen molar-refractivity contribution in [3.63, 3.8) is 0 Å². The summed E-state index contributed by atoms with van der Waals surface area (Å²) in [5.41, 5.74) is 5.23. The highest BCUT2D eigenvalue weighted by atomic mass is 19.4. The van der Waals surface area contributed by atoms with Crippen molar-refractivity contribution in [3.05, 3.63) is 42.1 Å². The smallest absolute Gasteiger partial charge is 0.419 e. The summed E-state index contributed by atoms with van der Waals surface area (Å²) in [7, 11) is 1.49. The second-order valence-electron chi connectivity index (χ2n) is 3.89. The van der Waals surface area contributed by atoms with Gasteiger partial charge >= 0.3 is 6.18 Å². The molecule has 1 heterocycles. The normalized spacial score (nSPS) is 11.4. The third kappa shape index (κ3) is 2.78. The molecule has 0 aliphatic rings. The maximum absolute atomic E-state index is 12.7. The van der Waals surface area contributed by atoms with Crippen LogP contribution in [-0.2, 0) is 6.18 Å². The minimum absolute atomic E-state index is 0.334. The van der Waals surface area contributed by atoms with Crippen molar-refractivity contribution < 1.29 is 17.9 Å². The second-order valence-corrected chi connectivity index (χ2v) is 3.89. The number of nitrogens with two attached hydrogens (primary N) is 1. The van der Waals surface area contributed by atoms with E-state index in [-0.39, 0.29) is 0 Å². The second kappa shape index (κ2) is 4.79. The van der Waals surface area contributed by atoms with E-state index < -0.39 is 17.6 Å². The average Bonchev–Trinajstić information content (AvgIpc) is 2.38. The van der Waals surface area contributed by atoms with Gasteiger partial charge in [-0.1, -0.05) is 12.1 Å². The van der Waals surface area contributed by atoms with Crippen LogP contribution in [0, 0.1) is 0 Å². The Bertz CT molecular complexity index is 597. The number of hydrogen-bond acceptors (Lipinski definition) is 3. The van der Waals surface area contributed by atoms with Crippen molar-refractivity contribution in [2.24, 2.45) is 0 Å². The lowest BCUT2D eigenvalue weighted by molar-refractivity contribution is -0.137. The Morgan fingerprint density at radius 3 is 2.53 bits per heavy atom. The van der Waals surface area contributed by atoms with Crippen molar-refractivity contribution in [2.75, 3.05) is 12.8 Å². The van der Waals surface area contributed by atoms with Gasteiger partial charge in [0.15, 0.2) is 0 Å². The van der Waals surface area contributed by atoms with Gasteiger partial charge in [-0.2, -0.15) is 13.2 Å². The molecule has 0 amide bonds. The number of ether oxygens (including phenoxy) is 1. The topological polar surface area (TPSA) is 48.1 Å². The fraction of sp³-hybridized carbons (Fsp3) is 0.154. The van der Waals surface area contributed by atoms with E-state index >= 15 is 0 Å². The maximum Gasteiger partial charge on any atom is 0.419 e. The van der Waals surface area contributed by atoms with E-state index in [0.29, 0.717) is 16.9 Å². The quantitative estimate of drug-likeness (QED) is 0.908. The number of alkyl halides is 3. The van der Waals surface area contributed by atoms with Crippen LogP contribution in [0.3, 0.4) is 0 Å². The summed E-state index contributed by atoms with van der Waals surface area (Å²) < 4.78 is 43.3. The van der Waals surface area contributed by atoms with E-state index in [1.807, 2.05) is 0 Å². The molecule has 0 aliphatic carbocycles. The van der Waals surface area contributed by atoms with Crippen LogP contribution in [0.15, 0.2) is 36.5 Å². The van der Waals surface area contributed by atoms with E-state index in [1.165, 1.54) is 13.3 Å². The minimum Gasteiger partial charge on any atom is -0.497 e. The molecular formula is C13H11F3N2O. The standard InChI is InChI=1S/C13H11F3N2O/c1-19-10-4-2-3-8(5-10)9-6-11(13(14,15)16)12(17)18-7-9/h2-7H,1H3,(H2,17,18).